The Morgan fingerprint density at radius 1 is 1.21 bits per heavy atom. The average Bonchev–Trinajstić information content (AvgIpc) is 3.12. The summed E-state index contributed by atoms with van der Waals surface area (Å²) in [6.07, 6.45) is 3.79. The van der Waals surface area contributed by atoms with Crippen LogP contribution in [0, 0.1) is 12.7 Å². The SMILES string of the molecule is C=C(/C(=C\NC)NC(=C)c1c(C)cccc1F)c1nc2c(CCC)cccc2[nH]1. The van der Waals surface area contributed by atoms with Gasteiger partial charge in [-0.25, -0.2) is 9.37 Å². The molecule has 0 saturated heterocycles. The zero-order valence-electron chi connectivity index (χ0n) is 17.2. The van der Waals surface area contributed by atoms with Gasteiger partial charge in [0.1, 0.15) is 11.6 Å². The number of aromatic amines is 1. The number of nitrogens with one attached hydrogen (secondary N) is 3. The predicted octanol–water partition coefficient (Wildman–Crippen LogP) is 5.30. The topological polar surface area (TPSA) is 52.7 Å². The number of para-hydroxylation sites is 1. The molecule has 0 unspecified atom stereocenters. The highest BCUT2D eigenvalue weighted by Gasteiger charge is 2.16. The molecule has 0 amide bonds. The molecule has 0 radical (unpaired) electrons. The van der Waals surface area contributed by atoms with Gasteiger partial charge in [0.05, 0.1) is 16.7 Å². The van der Waals surface area contributed by atoms with Gasteiger partial charge >= 0.3 is 0 Å². The molecule has 4 nitrogen and oxygen atoms in total. The Bertz CT molecular complexity index is 1070. The number of halogens is 1. The molecule has 0 fully saturated rings. The van der Waals surface area contributed by atoms with Crippen molar-refractivity contribution in [2.45, 2.75) is 26.7 Å². The van der Waals surface area contributed by atoms with Gasteiger partial charge in [0.2, 0.25) is 0 Å². The summed E-state index contributed by atoms with van der Waals surface area (Å²) >= 11 is 0. The summed E-state index contributed by atoms with van der Waals surface area (Å²) in [4.78, 5) is 8.13. The molecule has 3 aromatic rings. The number of hydrogen-bond donors (Lipinski definition) is 3. The minimum Gasteiger partial charge on any atom is -0.392 e. The molecule has 0 aliphatic rings. The largest absolute Gasteiger partial charge is 0.392 e. The number of hydrogen-bond acceptors (Lipinski definition) is 3. The van der Waals surface area contributed by atoms with Crippen LogP contribution in [0.15, 0.2) is 61.5 Å². The molecule has 3 N–H and O–H groups in total. The Balaban J connectivity index is 1.93. The molecule has 0 bridgehead atoms. The minimum atomic E-state index is -0.315. The van der Waals surface area contributed by atoms with Crippen LogP contribution in [-0.4, -0.2) is 17.0 Å². The fourth-order valence-electron chi connectivity index (χ4n) is 3.42. The lowest BCUT2D eigenvalue weighted by Crippen LogP contribution is -2.16. The maximum absolute atomic E-state index is 14.3. The second kappa shape index (κ2) is 8.78. The Morgan fingerprint density at radius 3 is 2.66 bits per heavy atom. The summed E-state index contributed by atoms with van der Waals surface area (Å²) in [5.41, 5.74) is 6.19. The lowest BCUT2D eigenvalue weighted by atomic mass is 10.0. The summed E-state index contributed by atoms with van der Waals surface area (Å²) in [6, 6.07) is 11.1. The number of benzene rings is 2. The average molecular weight is 391 g/mol. The lowest BCUT2D eigenvalue weighted by Gasteiger charge is -2.16. The van der Waals surface area contributed by atoms with Crippen molar-refractivity contribution < 1.29 is 4.39 Å². The van der Waals surface area contributed by atoms with Crippen molar-refractivity contribution in [3.63, 3.8) is 0 Å². The van der Waals surface area contributed by atoms with Crippen LogP contribution in [0.2, 0.25) is 0 Å². The lowest BCUT2D eigenvalue weighted by molar-refractivity contribution is 0.621. The Kier molecular flexibility index (Phi) is 6.17. The van der Waals surface area contributed by atoms with E-state index in [1.165, 1.54) is 11.6 Å². The predicted molar refractivity (Wildman–Crippen MR) is 120 cm³/mol. The molecule has 150 valence electrons. The molecule has 0 spiro atoms. The van der Waals surface area contributed by atoms with Crippen molar-refractivity contribution in [2.24, 2.45) is 0 Å². The summed E-state index contributed by atoms with van der Waals surface area (Å²) in [5, 5.41) is 6.21. The molecule has 29 heavy (non-hydrogen) atoms. The van der Waals surface area contributed by atoms with E-state index in [2.05, 4.69) is 41.8 Å². The van der Waals surface area contributed by atoms with Crippen molar-refractivity contribution in [3.8, 4) is 0 Å². The van der Waals surface area contributed by atoms with Crippen molar-refractivity contribution in [1.82, 2.24) is 20.6 Å². The third-order valence-electron chi connectivity index (χ3n) is 4.82. The first-order valence-electron chi connectivity index (χ1n) is 9.72. The third-order valence-corrected chi connectivity index (χ3v) is 4.82. The Labute approximate surface area is 171 Å². The zero-order valence-corrected chi connectivity index (χ0v) is 17.2. The molecule has 3 rings (SSSR count). The van der Waals surface area contributed by atoms with Crippen LogP contribution in [0.25, 0.3) is 22.3 Å². The molecule has 1 heterocycles. The second-order valence-corrected chi connectivity index (χ2v) is 7.01. The first kappa shape index (κ1) is 20.4. The van der Waals surface area contributed by atoms with E-state index >= 15 is 0 Å². The van der Waals surface area contributed by atoms with Gasteiger partial charge in [0, 0.05) is 30.1 Å². The van der Waals surface area contributed by atoms with Crippen LogP contribution < -0.4 is 10.6 Å². The molecule has 0 saturated carbocycles. The number of H-pyrrole nitrogens is 1. The molecule has 1 aromatic heterocycles. The number of imidazole rings is 1. The molecule has 0 atom stereocenters. The Morgan fingerprint density at radius 2 is 1.97 bits per heavy atom. The second-order valence-electron chi connectivity index (χ2n) is 7.01. The quantitative estimate of drug-likeness (QED) is 0.458. The highest BCUT2D eigenvalue weighted by Crippen LogP contribution is 2.26. The number of fused-ring (bicyclic) bond motifs is 1. The van der Waals surface area contributed by atoms with E-state index in [-0.39, 0.29) is 5.82 Å². The number of aryl methyl sites for hydroxylation is 2. The normalized spacial score (nSPS) is 11.5. The van der Waals surface area contributed by atoms with Gasteiger partial charge in [-0.3, -0.25) is 0 Å². The molecule has 0 aliphatic heterocycles. The Hall–Kier alpha value is -3.34. The smallest absolute Gasteiger partial charge is 0.140 e. The fraction of sp³-hybridized carbons (Fsp3) is 0.208. The first-order valence-corrected chi connectivity index (χ1v) is 9.72. The van der Waals surface area contributed by atoms with E-state index in [1.807, 2.05) is 25.1 Å². The van der Waals surface area contributed by atoms with Gasteiger partial charge in [0.25, 0.3) is 0 Å². The van der Waals surface area contributed by atoms with Crippen LogP contribution >= 0.6 is 0 Å². The van der Waals surface area contributed by atoms with Gasteiger partial charge in [-0.15, -0.1) is 0 Å². The van der Waals surface area contributed by atoms with E-state index in [0.29, 0.717) is 28.4 Å². The van der Waals surface area contributed by atoms with E-state index < -0.39 is 0 Å². The standard InChI is InChI=1S/C24H27FN4/c1-6-9-18-11-8-13-20-23(18)29-24(28-20)16(3)21(14-26-5)27-17(4)22-15(2)10-7-12-19(22)25/h7-8,10-14,26-27H,3-4,6,9H2,1-2,5H3,(H,28,29)/b21-14+. The highest BCUT2D eigenvalue weighted by molar-refractivity contribution is 5.85. The fourth-order valence-corrected chi connectivity index (χ4v) is 3.42. The van der Waals surface area contributed by atoms with Gasteiger partial charge in [-0.2, -0.15) is 0 Å². The third kappa shape index (κ3) is 4.24. The van der Waals surface area contributed by atoms with E-state index in [1.54, 1.807) is 19.3 Å². The van der Waals surface area contributed by atoms with Gasteiger partial charge in [0.15, 0.2) is 0 Å². The zero-order chi connectivity index (χ0) is 21.0. The van der Waals surface area contributed by atoms with Crippen LogP contribution in [0.3, 0.4) is 0 Å². The molecule has 2 aromatic carbocycles. The molecular weight excluding hydrogens is 363 g/mol. The van der Waals surface area contributed by atoms with E-state index in [0.717, 1.165) is 29.4 Å². The van der Waals surface area contributed by atoms with Crippen LogP contribution in [0.4, 0.5) is 4.39 Å². The van der Waals surface area contributed by atoms with Gasteiger partial charge in [-0.05, 0) is 36.6 Å². The van der Waals surface area contributed by atoms with Crippen molar-refractivity contribution >= 4 is 22.3 Å². The summed E-state index contributed by atoms with van der Waals surface area (Å²) < 4.78 is 14.3. The van der Waals surface area contributed by atoms with Gasteiger partial charge < -0.3 is 15.6 Å². The molecule has 0 aliphatic carbocycles. The van der Waals surface area contributed by atoms with Crippen LogP contribution in [0.1, 0.15) is 35.9 Å². The first-order chi connectivity index (χ1) is 14.0. The van der Waals surface area contributed by atoms with E-state index in [9.17, 15) is 4.39 Å². The van der Waals surface area contributed by atoms with Gasteiger partial charge in [-0.1, -0.05) is 50.8 Å². The summed E-state index contributed by atoms with van der Waals surface area (Å²) in [7, 11) is 1.80. The van der Waals surface area contributed by atoms with Crippen LogP contribution in [-0.2, 0) is 6.42 Å². The molecular formula is C24H27FN4. The molecule has 5 heteroatoms. The maximum atomic E-state index is 14.3. The summed E-state index contributed by atoms with van der Waals surface area (Å²) in [6.45, 7) is 12.3. The van der Waals surface area contributed by atoms with Crippen molar-refractivity contribution in [3.05, 3.63) is 89.8 Å². The van der Waals surface area contributed by atoms with Crippen molar-refractivity contribution in [1.29, 1.82) is 0 Å². The number of allylic oxidation sites excluding steroid dienone is 1. The maximum Gasteiger partial charge on any atom is 0.140 e. The van der Waals surface area contributed by atoms with E-state index in [4.69, 9.17) is 4.98 Å². The summed E-state index contributed by atoms with van der Waals surface area (Å²) in [5.74, 6) is 0.348. The van der Waals surface area contributed by atoms with Crippen molar-refractivity contribution in [2.75, 3.05) is 7.05 Å². The monoisotopic (exact) mass is 390 g/mol. The minimum absolute atomic E-state index is 0.315. The van der Waals surface area contributed by atoms with Crippen LogP contribution in [0.5, 0.6) is 0 Å². The number of rotatable bonds is 8. The number of nitrogens with zero attached hydrogens (tertiary/aromatic N) is 1. The highest BCUT2D eigenvalue weighted by atomic mass is 19.1. The number of aromatic nitrogens is 2.